The molecule has 0 spiro atoms. The van der Waals surface area contributed by atoms with Crippen molar-refractivity contribution in [3.05, 3.63) is 77.9 Å². The molecule has 0 aliphatic rings. The Morgan fingerprint density at radius 2 is 1.53 bits per heavy atom. The quantitative estimate of drug-likeness (QED) is 0.333. The van der Waals surface area contributed by atoms with E-state index in [4.69, 9.17) is 18.9 Å². The number of anilines is 1. The molecule has 0 aromatic heterocycles. The van der Waals surface area contributed by atoms with E-state index in [0.717, 1.165) is 5.56 Å². The third-order valence-corrected chi connectivity index (χ3v) is 7.02. The maximum atomic E-state index is 13.5. The summed E-state index contributed by atoms with van der Waals surface area (Å²) < 4.78 is 49.7. The van der Waals surface area contributed by atoms with Crippen LogP contribution in [-0.2, 0) is 26.0 Å². The average Bonchev–Trinajstić information content (AvgIpc) is 2.92. The summed E-state index contributed by atoms with van der Waals surface area (Å²) in [5, 5.41) is 2.65. The molecule has 1 amide bonds. The predicted molar refractivity (Wildman–Crippen MR) is 141 cm³/mol. The first-order valence-corrected chi connectivity index (χ1v) is 13.1. The second-order valence-corrected chi connectivity index (χ2v) is 9.72. The fourth-order valence-electron chi connectivity index (χ4n) is 3.66. The van der Waals surface area contributed by atoms with E-state index in [2.05, 4.69) is 10.0 Å². The number of rotatable bonds is 12. The predicted octanol–water partition coefficient (Wildman–Crippen LogP) is 3.42. The van der Waals surface area contributed by atoms with Crippen molar-refractivity contribution < 1.29 is 37.0 Å². The van der Waals surface area contributed by atoms with Gasteiger partial charge in [-0.25, -0.2) is 13.2 Å². The third kappa shape index (κ3) is 7.02. The van der Waals surface area contributed by atoms with Crippen LogP contribution in [0.3, 0.4) is 0 Å². The number of amides is 1. The average molecular weight is 543 g/mol. The van der Waals surface area contributed by atoms with Gasteiger partial charge in [0.2, 0.25) is 15.9 Å². The number of hydrogen-bond acceptors (Lipinski definition) is 8. The maximum absolute atomic E-state index is 13.5. The zero-order valence-electron chi connectivity index (χ0n) is 21.5. The van der Waals surface area contributed by atoms with Crippen LogP contribution in [0.25, 0.3) is 0 Å². The minimum absolute atomic E-state index is 0.00586. The first-order valence-electron chi connectivity index (χ1n) is 11.7. The molecule has 11 heteroatoms. The van der Waals surface area contributed by atoms with Crippen molar-refractivity contribution >= 4 is 27.6 Å². The highest BCUT2D eigenvalue weighted by molar-refractivity contribution is 7.89. The van der Waals surface area contributed by atoms with Gasteiger partial charge < -0.3 is 24.3 Å². The highest BCUT2D eigenvalue weighted by Gasteiger charge is 2.28. The molecule has 0 fully saturated rings. The van der Waals surface area contributed by atoms with Gasteiger partial charge in [0.15, 0.2) is 11.5 Å². The molecule has 0 heterocycles. The van der Waals surface area contributed by atoms with Crippen LogP contribution in [0.2, 0.25) is 0 Å². The number of carbonyl (C=O) groups is 2. The van der Waals surface area contributed by atoms with E-state index in [0.29, 0.717) is 12.4 Å². The van der Waals surface area contributed by atoms with E-state index in [9.17, 15) is 18.0 Å². The number of nitrogens with one attached hydrogen (secondary N) is 2. The molecular weight excluding hydrogens is 512 g/mol. The van der Waals surface area contributed by atoms with Gasteiger partial charge in [-0.3, -0.25) is 4.79 Å². The summed E-state index contributed by atoms with van der Waals surface area (Å²) in [5.41, 5.74) is 0.798. The van der Waals surface area contributed by atoms with Crippen LogP contribution in [0.5, 0.6) is 17.2 Å². The van der Waals surface area contributed by atoms with Crippen LogP contribution in [0.4, 0.5) is 5.69 Å². The van der Waals surface area contributed by atoms with Gasteiger partial charge in [-0.15, -0.1) is 0 Å². The van der Waals surface area contributed by atoms with Crippen molar-refractivity contribution in [3.63, 3.8) is 0 Å². The van der Waals surface area contributed by atoms with Crippen LogP contribution in [0.1, 0.15) is 22.8 Å². The number of benzene rings is 3. The summed E-state index contributed by atoms with van der Waals surface area (Å²) in [5.74, 6) is -0.390. The number of esters is 1. The lowest BCUT2D eigenvalue weighted by atomic mass is 10.1. The van der Waals surface area contributed by atoms with E-state index < -0.39 is 27.9 Å². The molecule has 3 aromatic carbocycles. The SMILES string of the molecule is CCOc1ccc(S(=O)(=O)N[C@@H](Cc2ccccc2)C(=O)Nc2cc(OC)c(OC)cc2C(=O)OC)cc1. The molecule has 0 aliphatic carbocycles. The zero-order chi connectivity index (χ0) is 27.7. The Bertz CT molecular complexity index is 1360. The van der Waals surface area contributed by atoms with Crippen LogP contribution in [0, 0.1) is 0 Å². The molecule has 0 saturated carbocycles. The Morgan fingerprint density at radius 3 is 2.11 bits per heavy atom. The van der Waals surface area contributed by atoms with E-state index in [1.165, 1.54) is 57.7 Å². The van der Waals surface area contributed by atoms with Crippen LogP contribution in [0.15, 0.2) is 71.6 Å². The topological polar surface area (TPSA) is 129 Å². The third-order valence-electron chi connectivity index (χ3n) is 5.53. The summed E-state index contributed by atoms with van der Waals surface area (Å²) in [4.78, 5) is 25.9. The van der Waals surface area contributed by atoms with Gasteiger partial charge >= 0.3 is 5.97 Å². The zero-order valence-corrected chi connectivity index (χ0v) is 22.3. The standard InChI is InChI=1S/C27H30N2O8S/c1-5-37-19-11-13-20(14-12-19)38(32,33)29-23(15-18-9-7-6-8-10-18)26(30)28-22-17-25(35-3)24(34-2)16-21(22)27(31)36-4/h6-14,16-17,23,29H,5,15H2,1-4H3,(H,28,30)/t23-/m0/s1. The molecule has 0 bridgehead atoms. The molecule has 1 atom stereocenters. The van der Waals surface area contributed by atoms with Crippen molar-refractivity contribution in [2.24, 2.45) is 0 Å². The monoisotopic (exact) mass is 542 g/mol. The molecule has 10 nitrogen and oxygen atoms in total. The first-order chi connectivity index (χ1) is 18.2. The highest BCUT2D eigenvalue weighted by Crippen LogP contribution is 2.34. The summed E-state index contributed by atoms with van der Waals surface area (Å²) >= 11 is 0. The van der Waals surface area contributed by atoms with E-state index in [1.807, 2.05) is 13.0 Å². The second kappa shape index (κ2) is 12.9. The lowest BCUT2D eigenvalue weighted by Gasteiger charge is -2.20. The summed E-state index contributed by atoms with van der Waals surface area (Å²) in [6, 6.07) is 16.4. The number of ether oxygens (including phenoxy) is 4. The van der Waals surface area contributed by atoms with Crippen molar-refractivity contribution in [2.75, 3.05) is 33.3 Å². The molecule has 3 aromatic rings. The van der Waals surface area contributed by atoms with Gasteiger partial charge in [-0.2, -0.15) is 4.72 Å². The van der Waals surface area contributed by atoms with Crippen molar-refractivity contribution in [3.8, 4) is 17.2 Å². The van der Waals surface area contributed by atoms with Gasteiger partial charge in [-0.05, 0) is 43.2 Å². The lowest BCUT2D eigenvalue weighted by molar-refractivity contribution is -0.117. The highest BCUT2D eigenvalue weighted by atomic mass is 32.2. The van der Waals surface area contributed by atoms with Gasteiger partial charge in [-0.1, -0.05) is 30.3 Å². The Hall–Kier alpha value is -4.09. The number of hydrogen-bond donors (Lipinski definition) is 2. The largest absolute Gasteiger partial charge is 0.494 e. The summed E-state index contributed by atoms with van der Waals surface area (Å²) in [6.45, 7) is 2.26. The smallest absolute Gasteiger partial charge is 0.340 e. The number of sulfonamides is 1. The van der Waals surface area contributed by atoms with E-state index in [-0.39, 0.29) is 34.1 Å². The molecule has 202 valence electrons. The minimum atomic E-state index is -4.11. The molecule has 3 rings (SSSR count). The Morgan fingerprint density at radius 1 is 0.895 bits per heavy atom. The van der Waals surface area contributed by atoms with Crippen LogP contribution >= 0.6 is 0 Å². The second-order valence-electron chi connectivity index (χ2n) is 8.00. The molecule has 0 saturated heterocycles. The fourth-order valence-corrected chi connectivity index (χ4v) is 4.85. The lowest BCUT2D eigenvalue weighted by Crippen LogP contribution is -2.45. The maximum Gasteiger partial charge on any atom is 0.340 e. The molecular formula is C27H30N2O8S. The minimum Gasteiger partial charge on any atom is -0.494 e. The normalized spacial score (nSPS) is 11.8. The van der Waals surface area contributed by atoms with Crippen molar-refractivity contribution in [2.45, 2.75) is 24.3 Å². The van der Waals surface area contributed by atoms with Crippen molar-refractivity contribution in [1.29, 1.82) is 0 Å². The fraction of sp³-hybridized carbons (Fsp3) is 0.259. The molecule has 38 heavy (non-hydrogen) atoms. The van der Waals surface area contributed by atoms with Gasteiger partial charge in [0.05, 0.1) is 44.1 Å². The van der Waals surface area contributed by atoms with Crippen LogP contribution < -0.4 is 24.2 Å². The number of carbonyl (C=O) groups excluding carboxylic acids is 2. The summed E-state index contributed by atoms with van der Waals surface area (Å²) in [6.07, 6.45) is 0.0454. The summed E-state index contributed by atoms with van der Waals surface area (Å²) in [7, 11) is -0.0911. The first kappa shape index (κ1) is 28.5. The van der Waals surface area contributed by atoms with E-state index in [1.54, 1.807) is 24.3 Å². The number of methoxy groups -OCH3 is 3. The Balaban J connectivity index is 1.96. The molecule has 0 radical (unpaired) electrons. The Labute approximate surface area is 221 Å². The van der Waals surface area contributed by atoms with Crippen molar-refractivity contribution in [1.82, 2.24) is 4.72 Å². The molecule has 0 unspecified atom stereocenters. The van der Waals surface area contributed by atoms with Crippen LogP contribution in [-0.4, -0.2) is 54.3 Å². The van der Waals surface area contributed by atoms with Gasteiger partial charge in [0, 0.05) is 12.1 Å². The van der Waals surface area contributed by atoms with Gasteiger partial charge in [0.25, 0.3) is 0 Å². The van der Waals surface area contributed by atoms with Gasteiger partial charge in [0.1, 0.15) is 11.8 Å². The Kier molecular flexibility index (Phi) is 9.69. The van der Waals surface area contributed by atoms with E-state index >= 15 is 0 Å². The molecule has 0 aliphatic heterocycles. The molecule has 2 N–H and O–H groups in total.